The summed E-state index contributed by atoms with van der Waals surface area (Å²) >= 11 is 0. The maximum atomic E-state index is 12.5. The van der Waals surface area contributed by atoms with E-state index in [2.05, 4.69) is 14.9 Å². The van der Waals surface area contributed by atoms with Crippen molar-refractivity contribution in [1.29, 1.82) is 0 Å². The Morgan fingerprint density at radius 2 is 1.90 bits per heavy atom. The number of nitrogens with zero attached hydrogens (tertiary/aromatic N) is 4. The molecule has 1 aromatic heterocycles. The number of aromatic nitrogens is 2. The van der Waals surface area contributed by atoms with Crippen molar-refractivity contribution in [2.75, 3.05) is 31.1 Å². The third kappa shape index (κ3) is 5.34. The maximum absolute atomic E-state index is 12.5. The van der Waals surface area contributed by atoms with E-state index in [1.54, 1.807) is 12.5 Å². The fourth-order valence-electron chi connectivity index (χ4n) is 3.91. The summed E-state index contributed by atoms with van der Waals surface area (Å²) in [5, 5.41) is 7.12. The molecule has 4 heterocycles. The second-order valence-corrected chi connectivity index (χ2v) is 7.30. The zero-order valence-electron chi connectivity index (χ0n) is 15.7. The number of hydrogen-bond donors (Lipinski definition) is 1. The second kappa shape index (κ2) is 8.93. The number of carbonyl (C=O) groups excluding carboxylic acids is 1. The predicted molar refractivity (Wildman–Crippen MR) is 95.1 cm³/mol. The molecule has 3 atom stereocenters. The van der Waals surface area contributed by atoms with Crippen LogP contribution in [-0.4, -0.2) is 76.4 Å². The van der Waals surface area contributed by atoms with Crippen molar-refractivity contribution in [2.45, 2.75) is 44.1 Å². The van der Waals surface area contributed by atoms with Crippen LogP contribution in [-0.2, 0) is 14.3 Å². The van der Waals surface area contributed by atoms with Crippen molar-refractivity contribution in [3.8, 4) is 0 Å². The van der Waals surface area contributed by atoms with E-state index in [-0.39, 0.29) is 18.1 Å². The number of alkyl halides is 3. The molecule has 1 N–H and O–H groups in total. The lowest BCUT2D eigenvalue weighted by atomic mass is 9.91. The van der Waals surface area contributed by atoms with Gasteiger partial charge in [0.25, 0.3) is 5.91 Å². The average Bonchev–Trinajstić information content (AvgIpc) is 3.37. The molecule has 1 amide bonds. The van der Waals surface area contributed by atoms with Crippen LogP contribution in [0.1, 0.15) is 25.7 Å². The highest BCUT2D eigenvalue weighted by atomic mass is 19.4. The first-order valence-electron chi connectivity index (χ1n) is 9.51. The van der Waals surface area contributed by atoms with Crippen LogP contribution in [0.4, 0.5) is 19.0 Å². The summed E-state index contributed by atoms with van der Waals surface area (Å²) in [5.41, 5.74) is 0. The summed E-state index contributed by atoms with van der Waals surface area (Å²) < 4.78 is 37.9. The molecule has 0 saturated carbocycles. The van der Waals surface area contributed by atoms with E-state index in [1.165, 1.54) is 0 Å². The topological polar surface area (TPSA) is 95.9 Å². The first kappa shape index (κ1) is 21.3. The van der Waals surface area contributed by atoms with Crippen LogP contribution >= 0.6 is 0 Å². The number of aliphatic carboxylic acids is 1. The van der Waals surface area contributed by atoms with Gasteiger partial charge in [-0.25, -0.2) is 14.8 Å². The highest BCUT2D eigenvalue weighted by Gasteiger charge is 2.43. The van der Waals surface area contributed by atoms with E-state index in [1.807, 2.05) is 11.0 Å². The zero-order valence-corrected chi connectivity index (χ0v) is 15.7. The van der Waals surface area contributed by atoms with Gasteiger partial charge in [-0.1, -0.05) is 0 Å². The Balaban J connectivity index is 0.000000298. The van der Waals surface area contributed by atoms with Crippen molar-refractivity contribution >= 4 is 17.7 Å². The van der Waals surface area contributed by atoms with E-state index < -0.39 is 12.1 Å². The zero-order chi connectivity index (χ0) is 21.0. The number of piperidine rings is 1. The lowest BCUT2D eigenvalue weighted by Gasteiger charge is -2.34. The van der Waals surface area contributed by atoms with Gasteiger partial charge >= 0.3 is 12.1 Å². The molecule has 0 aromatic carbocycles. The van der Waals surface area contributed by atoms with Crippen LogP contribution in [0.25, 0.3) is 0 Å². The number of ether oxygens (including phenoxy) is 1. The lowest BCUT2D eigenvalue weighted by Crippen LogP contribution is -2.43. The van der Waals surface area contributed by atoms with Crippen molar-refractivity contribution in [3.05, 3.63) is 18.6 Å². The SMILES string of the molecule is O=C(O)C(F)(F)F.O=C([C@@H]1C[C@@H]2CCN(c3ccncn3)C[C@H]2O1)N1CCCC1. The van der Waals surface area contributed by atoms with Gasteiger partial charge in [0.1, 0.15) is 18.2 Å². The Morgan fingerprint density at radius 1 is 1.21 bits per heavy atom. The predicted octanol–water partition coefficient (Wildman–Crippen LogP) is 1.72. The Morgan fingerprint density at radius 3 is 2.48 bits per heavy atom. The number of amides is 1. The molecule has 0 spiro atoms. The van der Waals surface area contributed by atoms with Gasteiger partial charge < -0.3 is 19.6 Å². The summed E-state index contributed by atoms with van der Waals surface area (Å²) in [7, 11) is 0. The molecule has 1 aromatic rings. The first-order chi connectivity index (χ1) is 13.8. The Hall–Kier alpha value is -2.43. The number of hydrogen-bond acceptors (Lipinski definition) is 6. The average molecular weight is 416 g/mol. The molecule has 4 rings (SSSR count). The number of halogens is 3. The van der Waals surface area contributed by atoms with Crippen LogP contribution in [0.2, 0.25) is 0 Å². The molecule has 3 aliphatic rings. The van der Waals surface area contributed by atoms with Crippen LogP contribution < -0.4 is 4.90 Å². The van der Waals surface area contributed by atoms with E-state index in [0.29, 0.717) is 5.92 Å². The molecule has 3 saturated heterocycles. The summed E-state index contributed by atoms with van der Waals surface area (Å²) in [5.74, 6) is -1.09. The number of fused-ring (bicyclic) bond motifs is 1. The van der Waals surface area contributed by atoms with E-state index >= 15 is 0 Å². The molecule has 0 unspecified atom stereocenters. The molecule has 0 aliphatic carbocycles. The lowest BCUT2D eigenvalue weighted by molar-refractivity contribution is -0.192. The van der Waals surface area contributed by atoms with Crippen molar-refractivity contribution in [1.82, 2.24) is 14.9 Å². The van der Waals surface area contributed by atoms with Gasteiger partial charge in [0.15, 0.2) is 0 Å². The van der Waals surface area contributed by atoms with Gasteiger partial charge in [-0.15, -0.1) is 0 Å². The van der Waals surface area contributed by atoms with Gasteiger partial charge in [0.05, 0.1) is 6.10 Å². The molecule has 0 radical (unpaired) electrons. The number of likely N-dealkylation sites (tertiary alicyclic amines) is 1. The quantitative estimate of drug-likeness (QED) is 0.784. The summed E-state index contributed by atoms with van der Waals surface area (Å²) in [4.78, 5) is 33.9. The third-order valence-corrected chi connectivity index (χ3v) is 5.38. The van der Waals surface area contributed by atoms with Crippen LogP contribution in [0.5, 0.6) is 0 Å². The molecule has 3 fully saturated rings. The second-order valence-electron chi connectivity index (χ2n) is 7.30. The Labute approximate surface area is 165 Å². The Bertz CT molecular complexity index is 713. The largest absolute Gasteiger partial charge is 0.490 e. The minimum absolute atomic E-state index is 0.153. The molecule has 8 nitrogen and oxygen atoms in total. The minimum atomic E-state index is -5.08. The molecule has 0 bridgehead atoms. The first-order valence-corrected chi connectivity index (χ1v) is 9.51. The fourth-order valence-corrected chi connectivity index (χ4v) is 3.91. The molecule has 11 heteroatoms. The van der Waals surface area contributed by atoms with E-state index in [0.717, 1.165) is 57.7 Å². The highest BCUT2D eigenvalue weighted by Crippen LogP contribution is 2.35. The summed E-state index contributed by atoms with van der Waals surface area (Å²) in [6, 6.07) is 1.93. The maximum Gasteiger partial charge on any atom is 0.490 e. The smallest absolute Gasteiger partial charge is 0.475 e. The third-order valence-electron chi connectivity index (χ3n) is 5.38. The number of anilines is 1. The van der Waals surface area contributed by atoms with Crippen LogP contribution in [0.3, 0.4) is 0 Å². The van der Waals surface area contributed by atoms with Crippen molar-refractivity contribution < 1.29 is 32.6 Å². The van der Waals surface area contributed by atoms with Gasteiger partial charge in [-0.05, 0) is 37.7 Å². The number of carboxylic acids is 1. The molecule has 29 heavy (non-hydrogen) atoms. The number of carbonyl (C=O) groups is 2. The normalized spacial score (nSPS) is 26.5. The molecular weight excluding hydrogens is 393 g/mol. The standard InChI is InChI=1S/C16H22N4O2.C2HF3O2/c21-16(19-6-1-2-7-19)13-9-12-4-8-20(10-14(12)22-13)15-3-5-17-11-18-15;3-2(4,5)1(6)7/h3,5,11-14H,1-2,4,6-10H2;(H,6,7)/t12-,13-,14+;/m0./s1. The molecule has 160 valence electrons. The summed E-state index contributed by atoms with van der Waals surface area (Å²) in [6.07, 6.45) is 2.41. The Kier molecular flexibility index (Phi) is 6.56. The number of rotatable bonds is 2. The van der Waals surface area contributed by atoms with Gasteiger partial charge in [-0.3, -0.25) is 4.79 Å². The van der Waals surface area contributed by atoms with Gasteiger partial charge in [0.2, 0.25) is 0 Å². The van der Waals surface area contributed by atoms with Gasteiger partial charge in [-0.2, -0.15) is 13.2 Å². The van der Waals surface area contributed by atoms with E-state index in [9.17, 15) is 18.0 Å². The van der Waals surface area contributed by atoms with Crippen LogP contribution in [0, 0.1) is 5.92 Å². The van der Waals surface area contributed by atoms with Crippen LogP contribution in [0.15, 0.2) is 18.6 Å². The van der Waals surface area contributed by atoms with Crippen molar-refractivity contribution in [3.63, 3.8) is 0 Å². The van der Waals surface area contributed by atoms with Gasteiger partial charge in [0, 0.05) is 32.4 Å². The fraction of sp³-hybridized carbons (Fsp3) is 0.667. The highest BCUT2D eigenvalue weighted by molar-refractivity contribution is 5.81. The van der Waals surface area contributed by atoms with Crippen molar-refractivity contribution in [2.24, 2.45) is 5.92 Å². The monoisotopic (exact) mass is 416 g/mol. The van der Waals surface area contributed by atoms with E-state index in [4.69, 9.17) is 14.6 Å². The molecular formula is C18H23F3N4O4. The summed E-state index contributed by atoms with van der Waals surface area (Å²) in [6.45, 7) is 3.61. The number of carboxylic acid groups (broad SMARTS) is 1. The molecule has 3 aliphatic heterocycles. The minimum Gasteiger partial charge on any atom is -0.475 e.